The largest absolute Gasteiger partial charge is 0.480 e. The number of hydrogen-bond donors (Lipinski definition) is 3. The molecule has 1 saturated heterocycles. The molecule has 3 heterocycles. The number of nitrogens with zero attached hydrogens (tertiary/aromatic N) is 2. The number of aromatic nitrogens is 1. The molecule has 0 saturated carbocycles. The van der Waals surface area contributed by atoms with E-state index in [2.05, 4.69) is 22.3 Å². The van der Waals surface area contributed by atoms with Gasteiger partial charge < -0.3 is 21.1 Å². The maximum atomic E-state index is 10.8. The smallest absolute Gasteiger partial charge is 0.320 e. The number of pyridine rings is 1. The van der Waals surface area contributed by atoms with Crippen LogP contribution in [0.4, 0.5) is 5.82 Å². The first-order valence-electron chi connectivity index (χ1n) is 9.05. The van der Waals surface area contributed by atoms with Crippen LogP contribution >= 0.6 is 37.2 Å². The summed E-state index contributed by atoms with van der Waals surface area (Å²) in [7, 11) is 0. The Balaban J connectivity index is 0.00000225. The van der Waals surface area contributed by atoms with Gasteiger partial charge in [0.05, 0.1) is 0 Å². The van der Waals surface area contributed by atoms with E-state index in [1.165, 1.54) is 24.1 Å². The van der Waals surface area contributed by atoms with Crippen molar-refractivity contribution in [3.05, 3.63) is 23.4 Å². The van der Waals surface area contributed by atoms with Gasteiger partial charge in [0.25, 0.3) is 0 Å². The van der Waals surface area contributed by atoms with Crippen molar-refractivity contribution in [1.29, 1.82) is 0 Å². The molecule has 0 unspecified atom stereocenters. The molecule has 0 amide bonds. The van der Waals surface area contributed by atoms with Crippen molar-refractivity contribution >= 4 is 49.0 Å². The number of aliphatic carboxylic acids is 1. The van der Waals surface area contributed by atoms with Gasteiger partial charge in [-0.15, -0.1) is 37.2 Å². The van der Waals surface area contributed by atoms with Crippen LogP contribution < -0.4 is 11.1 Å². The van der Waals surface area contributed by atoms with Crippen LogP contribution in [0.15, 0.2) is 12.1 Å². The highest BCUT2D eigenvalue weighted by molar-refractivity contribution is 5.86. The number of rotatable bonds is 7. The highest BCUT2D eigenvalue weighted by Gasteiger charge is 2.23. The number of halogens is 3. The van der Waals surface area contributed by atoms with Gasteiger partial charge in [-0.25, -0.2) is 4.98 Å². The highest BCUT2D eigenvalue weighted by atomic mass is 35.5. The maximum absolute atomic E-state index is 10.8. The fourth-order valence-electron chi connectivity index (χ4n) is 3.66. The summed E-state index contributed by atoms with van der Waals surface area (Å²) in [4.78, 5) is 17.9. The molecule has 1 aromatic rings. The first-order valence-corrected chi connectivity index (χ1v) is 9.05. The normalized spacial score (nSPS) is 19.5. The van der Waals surface area contributed by atoms with E-state index in [0.29, 0.717) is 12.3 Å². The van der Waals surface area contributed by atoms with E-state index in [1.54, 1.807) is 0 Å². The molecule has 9 heteroatoms. The van der Waals surface area contributed by atoms with E-state index in [9.17, 15) is 4.79 Å². The topological polar surface area (TPSA) is 91.5 Å². The predicted molar refractivity (Wildman–Crippen MR) is 116 cm³/mol. The van der Waals surface area contributed by atoms with Crippen LogP contribution in [0.5, 0.6) is 0 Å². The summed E-state index contributed by atoms with van der Waals surface area (Å²) in [5.41, 5.74) is 8.09. The second-order valence-corrected chi connectivity index (χ2v) is 7.07. The van der Waals surface area contributed by atoms with Crippen LogP contribution in [0.3, 0.4) is 0 Å². The molecule has 0 radical (unpaired) electrons. The van der Waals surface area contributed by atoms with Gasteiger partial charge in [-0.3, -0.25) is 4.79 Å². The monoisotopic (exact) mass is 440 g/mol. The molecule has 4 N–H and O–H groups in total. The number of likely N-dealkylation sites (tertiary alicyclic amines) is 1. The van der Waals surface area contributed by atoms with Crippen LogP contribution in [0, 0.1) is 5.92 Å². The number of carbonyl (C=O) groups is 1. The third kappa shape index (κ3) is 7.62. The van der Waals surface area contributed by atoms with E-state index in [0.717, 1.165) is 51.3 Å². The molecule has 1 fully saturated rings. The van der Waals surface area contributed by atoms with Crippen molar-refractivity contribution in [2.45, 2.75) is 44.6 Å². The first kappa shape index (κ1) is 26.2. The summed E-state index contributed by atoms with van der Waals surface area (Å²) in [6.07, 6.45) is 6.20. The maximum Gasteiger partial charge on any atom is 0.320 e. The van der Waals surface area contributed by atoms with Crippen molar-refractivity contribution in [2.24, 2.45) is 11.7 Å². The fourth-order valence-corrected chi connectivity index (χ4v) is 3.66. The Morgan fingerprint density at radius 2 is 2.15 bits per heavy atom. The Morgan fingerprint density at radius 1 is 1.37 bits per heavy atom. The zero-order valence-electron chi connectivity index (χ0n) is 15.4. The van der Waals surface area contributed by atoms with Crippen molar-refractivity contribution < 1.29 is 9.90 Å². The van der Waals surface area contributed by atoms with Crippen LogP contribution in [0.1, 0.15) is 36.9 Å². The molecular weight excluding hydrogens is 411 g/mol. The molecule has 0 spiro atoms. The van der Waals surface area contributed by atoms with Crippen LogP contribution in [-0.2, 0) is 17.6 Å². The van der Waals surface area contributed by atoms with Gasteiger partial charge in [-0.2, -0.15) is 0 Å². The zero-order chi connectivity index (χ0) is 16.9. The molecule has 156 valence electrons. The first-order chi connectivity index (χ1) is 11.6. The molecular formula is C18H31Cl3N4O2. The standard InChI is InChI=1S/C18H28N4O2.3ClH/c19-16(18(23)24)8-11-22-10-7-13(12-22)3-5-15-6-4-14-2-1-9-20-17(14)21-15;;;/h4,6,13,16H,1-3,5,7-12,19H2,(H,20,21)(H,23,24);3*1H/t13-,16+;;;/m1.../s1. The number of nitrogens with two attached hydrogens (primary N) is 1. The van der Waals surface area contributed by atoms with Crippen molar-refractivity contribution in [2.75, 3.05) is 31.5 Å². The minimum atomic E-state index is -0.905. The lowest BCUT2D eigenvalue weighted by Gasteiger charge is -2.18. The lowest BCUT2D eigenvalue weighted by molar-refractivity contribution is -0.138. The number of aryl methyl sites for hydroxylation is 2. The number of fused-ring (bicyclic) bond motifs is 1. The summed E-state index contributed by atoms with van der Waals surface area (Å²) in [6, 6.07) is 3.65. The van der Waals surface area contributed by atoms with Crippen molar-refractivity contribution in [3.8, 4) is 0 Å². The second kappa shape index (κ2) is 12.6. The van der Waals surface area contributed by atoms with E-state index in [-0.39, 0.29) is 37.2 Å². The molecule has 0 bridgehead atoms. The third-order valence-corrected chi connectivity index (χ3v) is 5.20. The Kier molecular flexibility index (Phi) is 12.3. The highest BCUT2D eigenvalue weighted by Crippen LogP contribution is 2.24. The summed E-state index contributed by atoms with van der Waals surface area (Å²) in [5, 5.41) is 12.2. The Hall–Kier alpha value is -0.790. The fraction of sp³-hybridized carbons (Fsp3) is 0.667. The summed E-state index contributed by atoms with van der Waals surface area (Å²) in [5.74, 6) is 0.851. The van der Waals surface area contributed by atoms with Gasteiger partial charge in [0, 0.05) is 25.3 Å². The molecule has 0 aliphatic carbocycles. The number of carboxylic acids is 1. The van der Waals surface area contributed by atoms with Crippen molar-refractivity contribution in [3.63, 3.8) is 0 Å². The molecule has 2 aliphatic heterocycles. The number of anilines is 1. The molecule has 2 aliphatic rings. The summed E-state index contributed by atoms with van der Waals surface area (Å²) < 4.78 is 0. The quantitative estimate of drug-likeness (QED) is 0.602. The molecule has 2 atom stereocenters. The zero-order valence-corrected chi connectivity index (χ0v) is 17.9. The van der Waals surface area contributed by atoms with E-state index >= 15 is 0 Å². The minimum absolute atomic E-state index is 0. The second-order valence-electron chi connectivity index (χ2n) is 7.07. The number of carboxylic acid groups (broad SMARTS) is 1. The average Bonchev–Trinajstić information content (AvgIpc) is 3.05. The minimum Gasteiger partial charge on any atom is -0.480 e. The summed E-state index contributed by atoms with van der Waals surface area (Å²) in [6.45, 7) is 3.91. The summed E-state index contributed by atoms with van der Waals surface area (Å²) >= 11 is 0. The van der Waals surface area contributed by atoms with Crippen LogP contribution in [-0.4, -0.2) is 53.2 Å². The van der Waals surface area contributed by atoms with Gasteiger partial charge >= 0.3 is 5.97 Å². The van der Waals surface area contributed by atoms with Crippen molar-refractivity contribution in [1.82, 2.24) is 9.88 Å². The predicted octanol–water partition coefficient (Wildman–Crippen LogP) is 2.76. The SMILES string of the molecule is Cl.Cl.Cl.N[C@@H](CCN1CC[C@@H](CCc2ccc3c(n2)NCCC3)C1)C(=O)O. The van der Waals surface area contributed by atoms with Gasteiger partial charge in [0.1, 0.15) is 11.9 Å². The lowest BCUT2D eigenvalue weighted by atomic mass is 10.00. The average molecular weight is 442 g/mol. The molecule has 0 aromatic carbocycles. The van der Waals surface area contributed by atoms with Crippen LogP contribution in [0.25, 0.3) is 0 Å². The lowest BCUT2D eigenvalue weighted by Crippen LogP contribution is -2.34. The third-order valence-electron chi connectivity index (χ3n) is 5.20. The Morgan fingerprint density at radius 3 is 2.89 bits per heavy atom. The van der Waals surface area contributed by atoms with Gasteiger partial charge in [-0.1, -0.05) is 6.07 Å². The van der Waals surface area contributed by atoms with Gasteiger partial charge in [0.15, 0.2) is 0 Å². The number of nitrogens with one attached hydrogen (secondary N) is 1. The van der Waals surface area contributed by atoms with E-state index < -0.39 is 12.0 Å². The molecule has 1 aromatic heterocycles. The van der Waals surface area contributed by atoms with Gasteiger partial charge in [-0.05, 0) is 62.6 Å². The van der Waals surface area contributed by atoms with Gasteiger partial charge in [0.2, 0.25) is 0 Å². The molecule has 3 rings (SSSR count). The van der Waals surface area contributed by atoms with E-state index in [1.807, 2.05) is 0 Å². The number of hydrogen-bond acceptors (Lipinski definition) is 5. The molecule has 6 nitrogen and oxygen atoms in total. The van der Waals surface area contributed by atoms with E-state index in [4.69, 9.17) is 15.8 Å². The Labute approximate surface area is 179 Å². The molecule has 27 heavy (non-hydrogen) atoms. The Bertz CT molecular complexity index is 592. The van der Waals surface area contributed by atoms with Crippen LogP contribution in [0.2, 0.25) is 0 Å².